The van der Waals surface area contributed by atoms with Crippen LogP contribution in [0.1, 0.15) is 32.1 Å². The largest absolute Gasteiger partial charge is 0.493 e. The molecule has 0 atom stereocenters. The smallest absolute Gasteiger partial charge is 0.272 e. The van der Waals surface area contributed by atoms with E-state index in [9.17, 15) is 8.78 Å². The van der Waals surface area contributed by atoms with Crippen molar-refractivity contribution in [1.82, 2.24) is 0 Å². The lowest BCUT2D eigenvalue weighted by Gasteiger charge is -2.45. The molecule has 142 valence electrons. The first kappa shape index (κ1) is 18.2. The van der Waals surface area contributed by atoms with Gasteiger partial charge in [-0.1, -0.05) is 6.42 Å². The second kappa shape index (κ2) is 7.35. The van der Waals surface area contributed by atoms with Gasteiger partial charge in [-0.05, 0) is 37.8 Å². The molecule has 0 aromatic heterocycles. The highest BCUT2D eigenvalue weighted by molar-refractivity contribution is 6.05. The molecule has 1 aliphatic carbocycles. The molecule has 1 aromatic carbocycles. The number of aliphatic imine (C=N–C) groups is 2. The Morgan fingerprint density at radius 1 is 1.19 bits per heavy atom. The Morgan fingerprint density at radius 2 is 1.92 bits per heavy atom. The van der Waals surface area contributed by atoms with Crippen LogP contribution >= 0.6 is 0 Å². The molecular formula is C17H23F2N5O2. The predicted molar refractivity (Wildman–Crippen MR) is 96.0 cm³/mol. The van der Waals surface area contributed by atoms with Crippen LogP contribution in [0.5, 0.6) is 11.5 Å². The molecule has 0 bridgehead atoms. The highest BCUT2D eigenvalue weighted by Gasteiger charge is 2.42. The van der Waals surface area contributed by atoms with Crippen LogP contribution in [0.15, 0.2) is 28.2 Å². The molecule has 26 heavy (non-hydrogen) atoms. The van der Waals surface area contributed by atoms with Gasteiger partial charge in [-0.15, -0.1) is 0 Å². The van der Waals surface area contributed by atoms with Crippen molar-refractivity contribution in [3.63, 3.8) is 0 Å². The first-order chi connectivity index (χ1) is 12.4. The van der Waals surface area contributed by atoms with E-state index in [1.807, 2.05) is 4.90 Å². The maximum absolute atomic E-state index is 12.6. The van der Waals surface area contributed by atoms with Crippen LogP contribution in [0, 0.1) is 0 Å². The summed E-state index contributed by atoms with van der Waals surface area (Å²) in [6.45, 7) is -0.723. The van der Waals surface area contributed by atoms with Gasteiger partial charge in [0.1, 0.15) is 12.3 Å². The fourth-order valence-electron chi connectivity index (χ4n) is 3.56. The molecule has 1 fully saturated rings. The summed E-state index contributed by atoms with van der Waals surface area (Å²) >= 11 is 0. The van der Waals surface area contributed by atoms with Crippen molar-refractivity contribution in [1.29, 1.82) is 0 Å². The SMILES string of the molecule is COc1ccc(N2C(N)=NC(N)=NC23CCCCC3)cc1OCC(F)F. The maximum Gasteiger partial charge on any atom is 0.272 e. The Hall–Kier alpha value is -2.58. The van der Waals surface area contributed by atoms with E-state index in [0.717, 1.165) is 32.1 Å². The van der Waals surface area contributed by atoms with Crippen molar-refractivity contribution in [3.05, 3.63) is 18.2 Å². The highest BCUT2D eigenvalue weighted by atomic mass is 19.3. The Bertz CT molecular complexity index is 717. The lowest BCUT2D eigenvalue weighted by Crippen LogP contribution is -2.58. The lowest BCUT2D eigenvalue weighted by molar-refractivity contribution is 0.0804. The molecule has 9 heteroatoms. The fourth-order valence-corrected chi connectivity index (χ4v) is 3.56. The molecule has 4 N–H and O–H groups in total. The van der Waals surface area contributed by atoms with Crippen molar-refractivity contribution < 1.29 is 18.3 Å². The minimum Gasteiger partial charge on any atom is -0.493 e. The third kappa shape index (κ3) is 3.51. The Kier molecular flexibility index (Phi) is 5.15. The average Bonchev–Trinajstić information content (AvgIpc) is 2.60. The van der Waals surface area contributed by atoms with Crippen molar-refractivity contribution in [3.8, 4) is 11.5 Å². The standard InChI is InChI=1S/C17H23F2N5O2/c1-25-12-6-5-11(9-13(12)26-10-14(18)19)24-16(21)22-15(20)23-17(24)7-3-2-4-8-17/h5-6,9,14H,2-4,7-8,10H2,1H3,(H4,20,21,22,23). The van der Waals surface area contributed by atoms with E-state index >= 15 is 0 Å². The number of guanidine groups is 2. The minimum absolute atomic E-state index is 0.156. The number of halogens is 2. The molecule has 0 amide bonds. The van der Waals surface area contributed by atoms with E-state index in [-0.39, 0.29) is 17.7 Å². The number of alkyl halides is 2. The number of ether oxygens (including phenoxy) is 2. The van der Waals surface area contributed by atoms with Gasteiger partial charge in [0, 0.05) is 6.07 Å². The fraction of sp³-hybridized carbons (Fsp3) is 0.529. The number of benzene rings is 1. The van der Waals surface area contributed by atoms with Gasteiger partial charge in [0.25, 0.3) is 6.43 Å². The number of methoxy groups -OCH3 is 1. The first-order valence-corrected chi connectivity index (χ1v) is 8.54. The Balaban J connectivity index is 2.00. The molecule has 3 rings (SSSR count). The number of hydrogen-bond acceptors (Lipinski definition) is 7. The molecule has 1 aliphatic heterocycles. The summed E-state index contributed by atoms with van der Waals surface area (Å²) in [6, 6.07) is 5.06. The van der Waals surface area contributed by atoms with Crippen molar-refractivity contribution in [2.45, 2.75) is 44.2 Å². The van der Waals surface area contributed by atoms with Gasteiger partial charge < -0.3 is 20.9 Å². The lowest BCUT2D eigenvalue weighted by atomic mass is 9.87. The summed E-state index contributed by atoms with van der Waals surface area (Å²) in [7, 11) is 1.45. The summed E-state index contributed by atoms with van der Waals surface area (Å²) in [6.07, 6.45) is 2.08. The van der Waals surface area contributed by atoms with Crippen molar-refractivity contribution in [2.75, 3.05) is 18.6 Å². The molecule has 7 nitrogen and oxygen atoms in total. The van der Waals surface area contributed by atoms with Gasteiger partial charge >= 0.3 is 0 Å². The summed E-state index contributed by atoms with van der Waals surface area (Å²) in [5.41, 5.74) is 12.1. The van der Waals surface area contributed by atoms with E-state index in [1.54, 1.807) is 18.2 Å². The molecule has 0 saturated heterocycles. The topological polar surface area (TPSA) is 98.5 Å². The van der Waals surface area contributed by atoms with Crippen molar-refractivity contribution >= 4 is 17.6 Å². The molecule has 1 spiro atoms. The van der Waals surface area contributed by atoms with Crippen LogP contribution in [-0.2, 0) is 0 Å². The predicted octanol–water partition coefficient (Wildman–Crippen LogP) is 2.45. The van der Waals surface area contributed by atoms with Crippen LogP contribution < -0.4 is 25.8 Å². The van der Waals surface area contributed by atoms with Crippen LogP contribution in [0.25, 0.3) is 0 Å². The number of hydrogen-bond donors (Lipinski definition) is 2. The van der Waals surface area contributed by atoms with Crippen LogP contribution in [0.3, 0.4) is 0 Å². The summed E-state index contributed by atoms with van der Waals surface area (Å²) in [4.78, 5) is 10.5. The zero-order valence-electron chi connectivity index (χ0n) is 14.6. The van der Waals surface area contributed by atoms with Crippen LogP contribution in [0.4, 0.5) is 14.5 Å². The van der Waals surface area contributed by atoms with Gasteiger partial charge in [-0.3, -0.25) is 4.90 Å². The van der Waals surface area contributed by atoms with Crippen molar-refractivity contribution in [2.24, 2.45) is 21.5 Å². The van der Waals surface area contributed by atoms with E-state index in [0.29, 0.717) is 11.4 Å². The van der Waals surface area contributed by atoms with Gasteiger partial charge in [0.2, 0.25) is 11.9 Å². The monoisotopic (exact) mass is 367 g/mol. The molecule has 2 aliphatic rings. The quantitative estimate of drug-likeness (QED) is 0.833. The van der Waals surface area contributed by atoms with E-state index in [1.165, 1.54) is 7.11 Å². The maximum atomic E-state index is 12.6. The molecule has 0 unspecified atom stereocenters. The Labute approximate surface area is 150 Å². The molecule has 1 aromatic rings. The zero-order valence-corrected chi connectivity index (χ0v) is 14.6. The number of nitrogens with two attached hydrogens (primary N) is 2. The average molecular weight is 367 g/mol. The van der Waals surface area contributed by atoms with E-state index in [2.05, 4.69) is 9.98 Å². The minimum atomic E-state index is -2.58. The third-order valence-electron chi connectivity index (χ3n) is 4.62. The van der Waals surface area contributed by atoms with E-state index < -0.39 is 18.7 Å². The normalized spacial score (nSPS) is 19.3. The molecule has 1 saturated carbocycles. The molecule has 0 radical (unpaired) electrons. The number of nitrogens with zero attached hydrogens (tertiary/aromatic N) is 3. The van der Waals surface area contributed by atoms with E-state index in [4.69, 9.17) is 20.9 Å². The number of anilines is 1. The Morgan fingerprint density at radius 3 is 2.58 bits per heavy atom. The van der Waals surface area contributed by atoms with Gasteiger partial charge in [-0.25, -0.2) is 13.8 Å². The zero-order chi connectivity index (χ0) is 18.7. The van der Waals surface area contributed by atoms with Gasteiger partial charge in [0.15, 0.2) is 11.5 Å². The van der Waals surface area contributed by atoms with Gasteiger partial charge in [-0.2, -0.15) is 4.99 Å². The molecule has 1 heterocycles. The van der Waals surface area contributed by atoms with Crippen LogP contribution in [0.2, 0.25) is 0 Å². The second-order valence-corrected chi connectivity index (χ2v) is 6.36. The second-order valence-electron chi connectivity index (χ2n) is 6.36. The number of rotatable bonds is 5. The summed E-state index contributed by atoms with van der Waals surface area (Å²) in [5.74, 6) is 0.960. The highest BCUT2D eigenvalue weighted by Crippen LogP contribution is 2.41. The summed E-state index contributed by atoms with van der Waals surface area (Å²) in [5, 5.41) is 0. The van der Waals surface area contributed by atoms with Crippen LogP contribution in [-0.4, -0.2) is 37.7 Å². The van der Waals surface area contributed by atoms with Gasteiger partial charge in [0.05, 0.1) is 12.8 Å². The first-order valence-electron chi connectivity index (χ1n) is 8.54. The molecular weight excluding hydrogens is 344 g/mol. The third-order valence-corrected chi connectivity index (χ3v) is 4.62. The summed E-state index contributed by atoms with van der Waals surface area (Å²) < 4.78 is 35.5.